The van der Waals surface area contributed by atoms with Gasteiger partial charge in [-0.3, -0.25) is 4.90 Å². The van der Waals surface area contributed by atoms with Crippen LogP contribution in [0.25, 0.3) is 0 Å². The highest BCUT2D eigenvalue weighted by molar-refractivity contribution is 5.85. The normalized spacial score (nSPS) is 19.8. The monoisotopic (exact) mass is 327 g/mol. The van der Waals surface area contributed by atoms with Crippen molar-refractivity contribution in [3.63, 3.8) is 0 Å². The first-order valence-corrected chi connectivity index (χ1v) is 8.70. The first-order chi connectivity index (χ1) is 10.9. The summed E-state index contributed by atoms with van der Waals surface area (Å²) in [6, 6.07) is 20.1. The number of nitrogens with zero attached hydrogens (tertiary/aromatic N) is 1. The molecule has 2 heteroatoms. The number of likely N-dealkylation sites (tertiary alicyclic amines) is 1. The molecule has 1 aliphatic carbocycles. The molecule has 122 valence electrons. The van der Waals surface area contributed by atoms with Gasteiger partial charge in [0.25, 0.3) is 0 Å². The molecule has 0 N–H and O–H groups in total. The number of aryl methyl sites for hydroxylation is 1. The van der Waals surface area contributed by atoms with Crippen molar-refractivity contribution in [1.82, 2.24) is 4.90 Å². The molecule has 0 bridgehead atoms. The van der Waals surface area contributed by atoms with Crippen molar-refractivity contribution >= 4 is 12.4 Å². The van der Waals surface area contributed by atoms with Crippen LogP contribution in [-0.2, 0) is 18.4 Å². The van der Waals surface area contributed by atoms with Crippen LogP contribution in [0, 0.1) is 0 Å². The van der Waals surface area contributed by atoms with E-state index in [4.69, 9.17) is 0 Å². The average molecular weight is 328 g/mol. The highest BCUT2D eigenvalue weighted by atomic mass is 35.5. The second kappa shape index (κ2) is 7.07. The minimum absolute atomic E-state index is 0. The van der Waals surface area contributed by atoms with E-state index in [0.717, 1.165) is 6.54 Å². The molecular formula is C21H26ClN. The van der Waals surface area contributed by atoms with Crippen LogP contribution in [0.1, 0.15) is 42.4 Å². The van der Waals surface area contributed by atoms with Crippen LogP contribution < -0.4 is 0 Å². The smallest absolute Gasteiger partial charge is 0.0233 e. The summed E-state index contributed by atoms with van der Waals surface area (Å²) in [5, 5.41) is 0. The maximum absolute atomic E-state index is 2.64. The molecule has 0 radical (unpaired) electrons. The Morgan fingerprint density at radius 2 is 1.52 bits per heavy atom. The molecule has 1 saturated heterocycles. The van der Waals surface area contributed by atoms with Gasteiger partial charge in [0.1, 0.15) is 0 Å². The number of rotatable bonds is 2. The van der Waals surface area contributed by atoms with Gasteiger partial charge in [0.05, 0.1) is 0 Å². The van der Waals surface area contributed by atoms with Crippen LogP contribution in [0.4, 0.5) is 0 Å². The predicted molar refractivity (Wildman–Crippen MR) is 99.3 cm³/mol. The number of fused-ring (bicyclic) bond motifs is 2. The molecule has 23 heavy (non-hydrogen) atoms. The summed E-state index contributed by atoms with van der Waals surface area (Å²) in [6.07, 6.45) is 6.71. The number of halogens is 1. The second-order valence-corrected chi connectivity index (χ2v) is 7.05. The fraction of sp³-hybridized carbons (Fsp3) is 0.429. The van der Waals surface area contributed by atoms with Crippen molar-refractivity contribution in [2.45, 2.75) is 44.1 Å². The molecule has 0 amide bonds. The Hall–Kier alpha value is -1.31. The van der Waals surface area contributed by atoms with E-state index in [2.05, 4.69) is 59.5 Å². The van der Waals surface area contributed by atoms with Gasteiger partial charge in [-0.2, -0.15) is 0 Å². The van der Waals surface area contributed by atoms with Crippen molar-refractivity contribution in [3.05, 3.63) is 71.3 Å². The van der Waals surface area contributed by atoms with Crippen molar-refractivity contribution in [1.29, 1.82) is 0 Å². The molecule has 0 unspecified atom stereocenters. The van der Waals surface area contributed by atoms with Crippen LogP contribution >= 0.6 is 12.4 Å². The number of piperidine rings is 1. The zero-order valence-corrected chi connectivity index (χ0v) is 14.5. The van der Waals surface area contributed by atoms with Gasteiger partial charge in [-0.05, 0) is 67.3 Å². The third-order valence-corrected chi connectivity index (χ3v) is 5.75. The topological polar surface area (TPSA) is 3.24 Å². The third kappa shape index (κ3) is 3.32. The highest BCUT2D eigenvalue weighted by Gasteiger charge is 2.38. The highest BCUT2D eigenvalue weighted by Crippen LogP contribution is 2.44. The van der Waals surface area contributed by atoms with Gasteiger partial charge in [0, 0.05) is 6.54 Å². The van der Waals surface area contributed by atoms with E-state index in [9.17, 15) is 0 Å². The number of benzene rings is 2. The summed E-state index contributed by atoms with van der Waals surface area (Å²) >= 11 is 0. The summed E-state index contributed by atoms with van der Waals surface area (Å²) < 4.78 is 0. The van der Waals surface area contributed by atoms with Gasteiger partial charge in [0.15, 0.2) is 0 Å². The van der Waals surface area contributed by atoms with E-state index in [-0.39, 0.29) is 12.4 Å². The molecule has 2 aromatic rings. The average Bonchev–Trinajstić information content (AvgIpc) is 2.59. The standard InChI is InChI=1S/C21H25N.ClH/c1-2-7-18(8-3-1)17-22-15-13-21(14-16-22)12-6-10-19-9-4-5-11-20(19)21;/h1-5,7-9,11H,6,10,12-17H2;1H. The van der Waals surface area contributed by atoms with Crippen LogP contribution in [0.3, 0.4) is 0 Å². The fourth-order valence-electron chi connectivity index (χ4n) is 4.51. The first-order valence-electron chi connectivity index (χ1n) is 8.70. The van der Waals surface area contributed by atoms with Gasteiger partial charge in [0.2, 0.25) is 0 Å². The van der Waals surface area contributed by atoms with Crippen molar-refractivity contribution in [2.24, 2.45) is 0 Å². The Labute approximate surface area is 146 Å². The van der Waals surface area contributed by atoms with Crippen LogP contribution in [0.15, 0.2) is 54.6 Å². The van der Waals surface area contributed by atoms with E-state index < -0.39 is 0 Å². The molecule has 1 aliphatic heterocycles. The lowest BCUT2D eigenvalue weighted by molar-refractivity contribution is 0.139. The van der Waals surface area contributed by atoms with E-state index in [1.54, 1.807) is 11.1 Å². The van der Waals surface area contributed by atoms with E-state index in [1.807, 2.05) is 0 Å². The molecule has 0 atom stereocenters. The van der Waals surface area contributed by atoms with Crippen LogP contribution in [0.2, 0.25) is 0 Å². The minimum Gasteiger partial charge on any atom is -0.299 e. The van der Waals surface area contributed by atoms with Crippen LogP contribution in [-0.4, -0.2) is 18.0 Å². The first kappa shape index (κ1) is 16.5. The summed E-state index contributed by atoms with van der Waals surface area (Å²) in [5.41, 5.74) is 5.20. The minimum atomic E-state index is 0. The largest absolute Gasteiger partial charge is 0.299 e. The molecule has 1 nitrogen and oxygen atoms in total. The van der Waals surface area contributed by atoms with Gasteiger partial charge in [-0.25, -0.2) is 0 Å². The lowest BCUT2D eigenvalue weighted by Crippen LogP contribution is -2.44. The Kier molecular flexibility index (Phi) is 5.08. The van der Waals surface area contributed by atoms with Crippen molar-refractivity contribution in [2.75, 3.05) is 13.1 Å². The number of hydrogen-bond donors (Lipinski definition) is 0. The molecule has 1 fully saturated rings. The van der Waals surface area contributed by atoms with Gasteiger partial charge >= 0.3 is 0 Å². The van der Waals surface area contributed by atoms with Gasteiger partial charge < -0.3 is 0 Å². The zero-order chi connectivity index (χ0) is 14.8. The van der Waals surface area contributed by atoms with Gasteiger partial charge in [-0.1, -0.05) is 54.6 Å². The molecule has 1 spiro atoms. The van der Waals surface area contributed by atoms with Crippen molar-refractivity contribution < 1.29 is 0 Å². The number of hydrogen-bond acceptors (Lipinski definition) is 1. The lowest BCUT2D eigenvalue weighted by atomic mass is 9.65. The Morgan fingerprint density at radius 3 is 2.30 bits per heavy atom. The SMILES string of the molecule is Cl.c1ccc(CN2CCC3(CCCc4ccccc43)CC2)cc1. The molecule has 1 heterocycles. The molecule has 2 aliphatic rings. The Balaban J connectivity index is 0.00000156. The quantitative estimate of drug-likeness (QED) is 0.752. The molecule has 0 saturated carbocycles. The summed E-state index contributed by atoms with van der Waals surface area (Å²) in [5.74, 6) is 0. The lowest BCUT2D eigenvalue weighted by Gasteiger charge is -2.45. The van der Waals surface area contributed by atoms with Crippen LogP contribution in [0.5, 0.6) is 0 Å². The molecule has 0 aromatic heterocycles. The maximum Gasteiger partial charge on any atom is 0.0233 e. The second-order valence-electron chi connectivity index (χ2n) is 7.05. The Morgan fingerprint density at radius 1 is 0.826 bits per heavy atom. The molecule has 4 rings (SSSR count). The Bertz CT molecular complexity index is 629. The molecule has 2 aromatic carbocycles. The van der Waals surface area contributed by atoms with Gasteiger partial charge in [-0.15, -0.1) is 12.4 Å². The fourth-order valence-corrected chi connectivity index (χ4v) is 4.51. The summed E-state index contributed by atoms with van der Waals surface area (Å²) in [4.78, 5) is 2.64. The third-order valence-electron chi connectivity index (χ3n) is 5.75. The summed E-state index contributed by atoms with van der Waals surface area (Å²) in [7, 11) is 0. The van der Waals surface area contributed by atoms with E-state index in [0.29, 0.717) is 5.41 Å². The predicted octanol–water partition coefficient (Wildman–Crippen LogP) is 4.98. The maximum atomic E-state index is 2.64. The summed E-state index contributed by atoms with van der Waals surface area (Å²) in [6.45, 7) is 3.59. The van der Waals surface area contributed by atoms with Crippen molar-refractivity contribution in [3.8, 4) is 0 Å². The van der Waals surface area contributed by atoms with E-state index in [1.165, 1.54) is 50.8 Å². The van der Waals surface area contributed by atoms with E-state index >= 15 is 0 Å². The zero-order valence-electron chi connectivity index (χ0n) is 13.7. The molecular weight excluding hydrogens is 302 g/mol.